The van der Waals surface area contributed by atoms with E-state index in [4.69, 9.17) is 14.9 Å². The highest BCUT2D eigenvalue weighted by molar-refractivity contribution is 6.12. The van der Waals surface area contributed by atoms with E-state index < -0.39 is 23.1 Å². The summed E-state index contributed by atoms with van der Waals surface area (Å²) in [6.45, 7) is 0. The monoisotopic (exact) mass is 224 g/mol. The molecule has 0 aliphatic heterocycles. The highest BCUT2D eigenvalue weighted by Crippen LogP contribution is 2.24. The SMILES string of the molecule is COC1(C=C(C(=O)O)C(=O)O)C=CC=CC1. The van der Waals surface area contributed by atoms with Crippen molar-refractivity contribution in [1.29, 1.82) is 0 Å². The second-order valence-corrected chi connectivity index (χ2v) is 3.32. The number of rotatable bonds is 4. The van der Waals surface area contributed by atoms with Gasteiger partial charge in [0.2, 0.25) is 0 Å². The molecule has 0 spiro atoms. The van der Waals surface area contributed by atoms with Crippen LogP contribution in [0.25, 0.3) is 0 Å². The van der Waals surface area contributed by atoms with Gasteiger partial charge in [0.15, 0.2) is 0 Å². The molecule has 1 atom stereocenters. The highest BCUT2D eigenvalue weighted by Gasteiger charge is 2.28. The number of carboxylic acids is 2. The lowest BCUT2D eigenvalue weighted by Gasteiger charge is -2.26. The molecule has 1 rings (SSSR count). The van der Waals surface area contributed by atoms with E-state index >= 15 is 0 Å². The molecule has 2 N–H and O–H groups in total. The van der Waals surface area contributed by atoms with Gasteiger partial charge in [0.1, 0.15) is 11.2 Å². The Kier molecular flexibility index (Phi) is 3.63. The maximum atomic E-state index is 10.7. The van der Waals surface area contributed by atoms with Gasteiger partial charge in [-0.15, -0.1) is 0 Å². The molecule has 5 heteroatoms. The van der Waals surface area contributed by atoms with Crippen molar-refractivity contribution in [2.24, 2.45) is 0 Å². The lowest BCUT2D eigenvalue weighted by Crippen LogP contribution is -2.29. The van der Waals surface area contributed by atoms with Crippen LogP contribution < -0.4 is 0 Å². The molecule has 0 aromatic rings. The first-order valence-electron chi connectivity index (χ1n) is 4.60. The summed E-state index contributed by atoms with van der Waals surface area (Å²) in [5.41, 5.74) is -1.68. The Balaban J connectivity index is 3.10. The second kappa shape index (κ2) is 4.76. The molecular weight excluding hydrogens is 212 g/mol. The summed E-state index contributed by atoms with van der Waals surface area (Å²) in [4.78, 5) is 21.5. The van der Waals surface area contributed by atoms with Gasteiger partial charge in [0.25, 0.3) is 0 Å². The van der Waals surface area contributed by atoms with Crippen LogP contribution in [0.3, 0.4) is 0 Å². The molecule has 1 unspecified atom stereocenters. The third kappa shape index (κ3) is 2.58. The first kappa shape index (κ1) is 12.2. The van der Waals surface area contributed by atoms with Gasteiger partial charge in [-0.3, -0.25) is 0 Å². The zero-order valence-corrected chi connectivity index (χ0v) is 8.71. The normalized spacial score (nSPS) is 22.8. The van der Waals surface area contributed by atoms with E-state index in [0.29, 0.717) is 6.42 Å². The van der Waals surface area contributed by atoms with Gasteiger partial charge in [0.05, 0.1) is 0 Å². The van der Waals surface area contributed by atoms with E-state index in [0.717, 1.165) is 6.08 Å². The standard InChI is InChI=1S/C11H12O5/c1-16-11(5-3-2-4-6-11)7-8(9(12)13)10(14)15/h2-5,7H,6H2,1H3,(H,12,13)(H,14,15). The summed E-state index contributed by atoms with van der Waals surface area (Å²) in [5.74, 6) is -2.96. The molecule has 0 aromatic heterocycles. The lowest BCUT2D eigenvalue weighted by molar-refractivity contribution is -0.140. The fourth-order valence-corrected chi connectivity index (χ4v) is 1.39. The lowest BCUT2D eigenvalue weighted by atomic mass is 9.92. The van der Waals surface area contributed by atoms with Gasteiger partial charge < -0.3 is 14.9 Å². The first-order chi connectivity index (χ1) is 7.51. The minimum absolute atomic E-state index is 0.407. The summed E-state index contributed by atoms with van der Waals surface area (Å²) in [7, 11) is 1.40. The van der Waals surface area contributed by atoms with Crippen LogP contribution in [0.15, 0.2) is 36.0 Å². The third-order valence-corrected chi connectivity index (χ3v) is 2.29. The summed E-state index contributed by atoms with van der Waals surface area (Å²) >= 11 is 0. The van der Waals surface area contributed by atoms with Crippen LogP contribution in [0.4, 0.5) is 0 Å². The molecular formula is C11H12O5. The van der Waals surface area contributed by atoms with Crippen molar-refractivity contribution in [3.63, 3.8) is 0 Å². The van der Waals surface area contributed by atoms with Gasteiger partial charge in [0, 0.05) is 13.5 Å². The minimum atomic E-state index is -1.48. The molecule has 0 bridgehead atoms. The molecule has 0 amide bonds. The molecule has 86 valence electrons. The Bertz CT molecular complexity index is 375. The summed E-state index contributed by atoms with van der Waals surface area (Å²) in [5, 5.41) is 17.5. The van der Waals surface area contributed by atoms with Crippen LogP contribution in [0.5, 0.6) is 0 Å². The molecule has 0 saturated heterocycles. The van der Waals surface area contributed by atoms with E-state index in [1.807, 2.05) is 0 Å². The number of carbonyl (C=O) groups is 2. The first-order valence-corrected chi connectivity index (χ1v) is 4.60. The zero-order valence-electron chi connectivity index (χ0n) is 8.71. The van der Waals surface area contributed by atoms with E-state index in [-0.39, 0.29) is 0 Å². The van der Waals surface area contributed by atoms with Gasteiger partial charge in [-0.25, -0.2) is 9.59 Å². The average Bonchev–Trinajstić information content (AvgIpc) is 2.26. The highest BCUT2D eigenvalue weighted by atomic mass is 16.5. The Labute approximate surface area is 92.3 Å². The van der Waals surface area contributed by atoms with E-state index in [1.54, 1.807) is 24.3 Å². The van der Waals surface area contributed by atoms with Crippen LogP contribution in [0.2, 0.25) is 0 Å². The smallest absolute Gasteiger partial charge is 0.342 e. The van der Waals surface area contributed by atoms with Crippen LogP contribution in [0, 0.1) is 0 Å². The van der Waals surface area contributed by atoms with Gasteiger partial charge in [-0.1, -0.05) is 18.2 Å². The molecule has 5 nitrogen and oxygen atoms in total. The number of aliphatic carboxylic acids is 2. The summed E-state index contributed by atoms with van der Waals surface area (Å²) in [6.07, 6.45) is 8.39. The Morgan fingerprint density at radius 1 is 1.31 bits per heavy atom. The van der Waals surface area contributed by atoms with Gasteiger partial charge >= 0.3 is 11.9 Å². The van der Waals surface area contributed by atoms with Crippen molar-refractivity contribution in [3.05, 3.63) is 36.0 Å². The van der Waals surface area contributed by atoms with Crippen molar-refractivity contribution >= 4 is 11.9 Å². The molecule has 0 heterocycles. The number of carboxylic acid groups (broad SMARTS) is 2. The predicted octanol–water partition coefficient (Wildman–Crippen LogP) is 0.983. The third-order valence-electron chi connectivity index (χ3n) is 2.29. The van der Waals surface area contributed by atoms with Crippen molar-refractivity contribution in [2.75, 3.05) is 7.11 Å². The quantitative estimate of drug-likeness (QED) is 0.422. The summed E-state index contributed by atoms with van der Waals surface area (Å²) < 4.78 is 5.17. The number of allylic oxidation sites excluding steroid dienone is 2. The Morgan fingerprint density at radius 2 is 1.94 bits per heavy atom. The number of hydrogen-bond donors (Lipinski definition) is 2. The predicted molar refractivity (Wildman–Crippen MR) is 56.0 cm³/mol. The molecule has 0 aromatic carbocycles. The average molecular weight is 224 g/mol. The Morgan fingerprint density at radius 3 is 2.31 bits per heavy atom. The number of hydrogen-bond acceptors (Lipinski definition) is 3. The molecule has 1 aliphatic rings. The number of ether oxygens (including phenoxy) is 1. The summed E-state index contributed by atoms with van der Waals surface area (Å²) in [6, 6.07) is 0. The molecule has 1 aliphatic carbocycles. The van der Waals surface area contributed by atoms with Crippen LogP contribution in [-0.4, -0.2) is 34.9 Å². The van der Waals surface area contributed by atoms with E-state index in [2.05, 4.69) is 0 Å². The molecule has 0 saturated carbocycles. The van der Waals surface area contributed by atoms with Crippen molar-refractivity contribution in [3.8, 4) is 0 Å². The van der Waals surface area contributed by atoms with Crippen molar-refractivity contribution in [2.45, 2.75) is 12.0 Å². The van der Waals surface area contributed by atoms with Crippen LogP contribution >= 0.6 is 0 Å². The molecule has 16 heavy (non-hydrogen) atoms. The second-order valence-electron chi connectivity index (χ2n) is 3.32. The number of methoxy groups -OCH3 is 1. The maximum absolute atomic E-state index is 10.7. The van der Waals surface area contributed by atoms with Crippen molar-refractivity contribution in [1.82, 2.24) is 0 Å². The van der Waals surface area contributed by atoms with Crippen molar-refractivity contribution < 1.29 is 24.5 Å². The fourth-order valence-electron chi connectivity index (χ4n) is 1.39. The largest absolute Gasteiger partial charge is 0.477 e. The fraction of sp³-hybridized carbons (Fsp3) is 0.273. The van der Waals surface area contributed by atoms with Gasteiger partial charge in [-0.05, 0) is 12.2 Å². The van der Waals surface area contributed by atoms with Crippen LogP contribution in [-0.2, 0) is 14.3 Å². The van der Waals surface area contributed by atoms with E-state index in [9.17, 15) is 9.59 Å². The maximum Gasteiger partial charge on any atom is 0.342 e. The zero-order chi connectivity index (χ0) is 12.2. The van der Waals surface area contributed by atoms with E-state index in [1.165, 1.54) is 7.11 Å². The minimum Gasteiger partial charge on any atom is -0.477 e. The van der Waals surface area contributed by atoms with Crippen LogP contribution in [0.1, 0.15) is 6.42 Å². The Hall–Kier alpha value is -1.88. The van der Waals surface area contributed by atoms with Gasteiger partial charge in [-0.2, -0.15) is 0 Å². The molecule has 0 fully saturated rings. The topological polar surface area (TPSA) is 83.8 Å². The molecule has 0 radical (unpaired) electrons.